The SMILES string of the molecule is Cn1cnc2c(NC(=O)OC(C)(C)C)ccnc21. The Kier molecular flexibility index (Phi) is 2.94. The summed E-state index contributed by atoms with van der Waals surface area (Å²) in [5, 5.41) is 2.68. The zero-order valence-corrected chi connectivity index (χ0v) is 10.9. The van der Waals surface area contributed by atoms with Crippen molar-refractivity contribution in [3.63, 3.8) is 0 Å². The van der Waals surface area contributed by atoms with Crippen LogP contribution in [0.3, 0.4) is 0 Å². The van der Waals surface area contributed by atoms with Gasteiger partial charge in [0.05, 0.1) is 12.0 Å². The highest BCUT2D eigenvalue weighted by Crippen LogP contribution is 2.20. The van der Waals surface area contributed by atoms with Crippen molar-refractivity contribution in [3.05, 3.63) is 18.6 Å². The predicted molar refractivity (Wildman–Crippen MR) is 68.4 cm³/mol. The molecule has 96 valence electrons. The number of hydrogen-bond acceptors (Lipinski definition) is 4. The van der Waals surface area contributed by atoms with E-state index < -0.39 is 11.7 Å². The Morgan fingerprint density at radius 2 is 2.11 bits per heavy atom. The summed E-state index contributed by atoms with van der Waals surface area (Å²) in [5.74, 6) is 0. The van der Waals surface area contributed by atoms with Gasteiger partial charge in [0, 0.05) is 13.2 Å². The molecule has 0 aliphatic heterocycles. The lowest BCUT2D eigenvalue weighted by Crippen LogP contribution is -2.27. The molecule has 1 amide bonds. The highest BCUT2D eigenvalue weighted by molar-refractivity contribution is 5.95. The molecular weight excluding hydrogens is 232 g/mol. The molecule has 6 heteroatoms. The fourth-order valence-electron chi connectivity index (χ4n) is 1.54. The van der Waals surface area contributed by atoms with Gasteiger partial charge in [-0.05, 0) is 26.8 Å². The van der Waals surface area contributed by atoms with E-state index >= 15 is 0 Å². The van der Waals surface area contributed by atoms with E-state index in [0.717, 1.165) is 0 Å². The van der Waals surface area contributed by atoms with Gasteiger partial charge in [0.25, 0.3) is 0 Å². The topological polar surface area (TPSA) is 69.0 Å². The van der Waals surface area contributed by atoms with Crippen molar-refractivity contribution < 1.29 is 9.53 Å². The zero-order valence-electron chi connectivity index (χ0n) is 10.9. The second-order valence-electron chi connectivity index (χ2n) is 5.01. The van der Waals surface area contributed by atoms with Crippen molar-refractivity contribution in [1.82, 2.24) is 14.5 Å². The smallest absolute Gasteiger partial charge is 0.412 e. The van der Waals surface area contributed by atoms with Crippen LogP contribution in [0.4, 0.5) is 10.5 Å². The lowest BCUT2D eigenvalue weighted by Gasteiger charge is -2.19. The summed E-state index contributed by atoms with van der Waals surface area (Å²) in [7, 11) is 1.85. The molecule has 6 nitrogen and oxygen atoms in total. The predicted octanol–water partition coefficient (Wildman–Crippen LogP) is 2.32. The second kappa shape index (κ2) is 4.29. The van der Waals surface area contributed by atoms with Crippen molar-refractivity contribution in [2.45, 2.75) is 26.4 Å². The fraction of sp³-hybridized carbons (Fsp3) is 0.417. The van der Waals surface area contributed by atoms with Crippen molar-refractivity contribution >= 4 is 22.9 Å². The molecule has 0 fully saturated rings. The van der Waals surface area contributed by atoms with E-state index in [4.69, 9.17) is 4.74 Å². The molecule has 0 radical (unpaired) electrons. The maximum atomic E-state index is 11.7. The van der Waals surface area contributed by atoms with Crippen LogP contribution in [0.2, 0.25) is 0 Å². The Morgan fingerprint density at radius 1 is 1.39 bits per heavy atom. The summed E-state index contributed by atoms with van der Waals surface area (Å²) >= 11 is 0. The summed E-state index contributed by atoms with van der Waals surface area (Å²) in [4.78, 5) is 20.1. The minimum Gasteiger partial charge on any atom is -0.444 e. The summed E-state index contributed by atoms with van der Waals surface area (Å²) in [6, 6.07) is 1.69. The van der Waals surface area contributed by atoms with Crippen LogP contribution in [-0.4, -0.2) is 26.2 Å². The number of anilines is 1. The van der Waals surface area contributed by atoms with Crippen molar-refractivity contribution in [2.24, 2.45) is 7.05 Å². The first kappa shape index (κ1) is 12.3. The largest absolute Gasteiger partial charge is 0.444 e. The van der Waals surface area contributed by atoms with Gasteiger partial charge in [0.15, 0.2) is 5.65 Å². The molecular formula is C12H16N4O2. The minimum absolute atomic E-state index is 0.499. The third-order valence-electron chi connectivity index (χ3n) is 2.23. The van der Waals surface area contributed by atoms with Crippen LogP contribution in [0.15, 0.2) is 18.6 Å². The molecule has 18 heavy (non-hydrogen) atoms. The zero-order chi connectivity index (χ0) is 13.3. The third kappa shape index (κ3) is 2.58. The number of aromatic nitrogens is 3. The standard InChI is InChI=1S/C12H16N4O2/c1-12(2,3)18-11(17)15-8-5-6-13-10-9(8)14-7-16(10)4/h5-7H,1-4H3,(H,13,15,17). The maximum Gasteiger partial charge on any atom is 0.412 e. The molecule has 2 heterocycles. The molecule has 2 aromatic heterocycles. The van der Waals surface area contributed by atoms with Gasteiger partial charge in [0.2, 0.25) is 0 Å². The van der Waals surface area contributed by atoms with Gasteiger partial charge in [-0.1, -0.05) is 0 Å². The normalized spacial score (nSPS) is 11.6. The Balaban J connectivity index is 2.24. The Hall–Kier alpha value is -2.11. The molecule has 1 N–H and O–H groups in total. The van der Waals surface area contributed by atoms with Crippen LogP contribution in [0.25, 0.3) is 11.2 Å². The summed E-state index contributed by atoms with van der Waals surface area (Å²) in [6.07, 6.45) is 2.77. The Morgan fingerprint density at radius 3 is 2.78 bits per heavy atom. The first-order valence-electron chi connectivity index (χ1n) is 5.63. The van der Waals surface area contributed by atoms with Gasteiger partial charge >= 0.3 is 6.09 Å². The number of pyridine rings is 1. The van der Waals surface area contributed by atoms with E-state index in [1.807, 2.05) is 27.8 Å². The van der Waals surface area contributed by atoms with E-state index in [2.05, 4.69) is 15.3 Å². The van der Waals surface area contributed by atoms with Gasteiger partial charge in [-0.25, -0.2) is 14.8 Å². The number of ether oxygens (including phenoxy) is 1. The first-order chi connectivity index (χ1) is 8.37. The number of rotatable bonds is 1. The number of aryl methyl sites for hydroxylation is 1. The van der Waals surface area contributed by atoms with Crippen LogP contribution in [-0.2, 0) is 11.8 Å². The fourth-order valence-corrected chi connectivity index (χ4v) is 1.54. The van der Waals surface area contributed by atoms with Gasteiger partial charge in [-0.15, -0.1) is 0 Å². The molecule has 0 aliphatic rings. The van der Waals surface area contributed by atoms with Crippen LogP contribution in [0, 0.1) is 0 Å². The highest BCUT2D eigenvalue weighted by atomic mass is 16.6. The van der Waals surface area contributed by atoms with Gasteiger partial charge in [-0.3, -0.25) is 5.32 Å². The molecule has 0 unspecified atom stereocenters. The minimum atomic E-state index is -0.527. The third-order valence-corrected chi connectivity index (χ3v) is 2.23. The van der Waals surface area contributed by atoms with Gasteiger partial charge in [-0.2, -0.15) is 0 Å². The van der Waals surface area contributed by atoms with Crippen LogP contribution in [0.1, 0.15) is 20.8 Å². The van der Waals surface area contributed by atoms with Gasteiger partial charge in [0.1, 0.15) is 11.1 Å². The average Bonchev–Trinajstić information content (AvgIpc) is 2.59. The van der Waals surface area contributed by atoms with E-state index in [1.165, 1.54) is 0 Å². The van der Waals surface area contributed by atoms with Crippen molar-refractivity contribution in [2.75, 3.05) is 5.32 Å². The van der Waals surface area contributed by atoms with E-state index in [9.17, 15) is 4.79 Å². The molecule has 2 rings (SSSR count). The highest BCUT2D eigenvalue weighted by Gasteiger charge is 2.17. The van der Waals surface area contributed by atoms with Crippen LogP contribution < -0.4 is 5.32 Å². The number of fused-ring (bicyclic) bond motifs is 1. The summed E-state index contributed by atoms with van der Waals surface area (Å²) < 4.78 is 6.98. The van der Waals surface area contributed by atoms with E-state index in [0.29, 0.717) is 16.9 Å². The summed E-state index contributed by atoms with van der Waals surface area (Å²) in [5.41, 5.74) is 1.42. The number of carbonyl (C=O) groups is 1. The summed E-state index contributed by atoms with van der Waals surface area (Å²) in [6.45, 7) is 5.44. The quantitative estimate of drug-likeness (QED) is 0.840. The first-order valence-corrected chi connectivity index (χ1v) is 5.63. The molecule has 0 spiro atoms. The molecule has 0 atom stereocenters. The molecule has 0 aromatic carbocycles. The Labute approximate surface area is 105 Å². The number of nitrogens with zero attached hydrogens (tertiary/aromatic N) is 3. The van der Waals surface area contributed by atoms with E-state index in [-0.39, 0.29) is 0 Å². The lowest BCUT2D eigenvalue weighted by atomic mass is 10.2. The number of nitrogens with one attached hydrogen (secondary N) is 1. The molecule has 0 aliphatic carbocycles. The molecule has 0 saturated heterocycles. The second-order valence-corrected chi connectivity index (χ2v) is 5.01. The average molecular weight is 248 g/mol. The van der Waals surface area contributed by atoms with E-state index in [1.54, 1.807) is 23.2 Å². The van der Waals surface area contributed by atoms with Crippen LogP contribution >= 0.6 is 0 Å². The number of hydrogen-bond donors (Lipinski definition) is 1. The number of amides is 1. The van der Waals surface area contributed by atoms with Gasteiger partial charge < -0.3 is 9.30 Å². The number of carbonyl (C=O) groups excluding carboxylic acids is 1. The van der Waals surface area contributed by atoms with Crippen LogP contribution in [0.5, 0.6) is 0 Å². The van der Waals surface area contributed by atoms with Crippen molar-refractivity contribution in [1.29, 1.82) is 0 Å². The lowest BCUT2D eigenvalue weighted by molar-refractivity contribution is 0.0636. The molecule has 0 saturated carbocycles. The maximum absolute atomic E-state index is 11.7. The van der Waals surface area contributed by atoms with Crippen molar-refractivity contribution in [3.8, 4) is 0 Å². The Bertz CT molecular complexity index is 583. The monoisotopic (exact) mass is 248 g/mol. The molecule has 2 aromatic rings. The number of imidazole rings is 1. The molecule has 0 bridgehead atoms.